The molecular weight excluding hydrogens is 530 g/mol. The van der Waals surface area contributed by atoms with Crippen LogP contribution in [0, 0.1) is 32.1 Å². The van der Waals surface area contributed by atoms with Gasteiger partial charge in [-0.15, -0.1) is 0 Å². The molecule has 1 atom stereocenters. The van der Waals surface area contributed by atoms with Gasteiger partial charge in [0.2, 0.25) is 0 Å². The van der Waals surface area contributed by atoms with Crippen LogP contribution in [0.3, 0.4) is 0 Å². The van der Waals surface area contributed by atoms with Crippen LogP contribution in [0.15, 0.2) is 35.2 Å². The van der Waals surface area contributed by atoms with Gasteiger partial charge in [0.1, 0.15) is 24.2 Å². The zero-order valence-corrected chi connectivity index (χ0v) is 24.6. The molecule has 0 amide bonds. The molecule has 2 fully saturated rings. The summed E-state index contributed by atoms with van der Waals surface area (Å²) < 4.78 is 16.7. The molecule has 2 aromatic heterocycles. The fraction of sp³-hybridized carbons (Fsp3) is 0.500. The summed E-state index contributed by atoms with van der Waals surface area (Å²) in [4.78, 5) is 12.3. The van der Waals surface area contributed by atoms with Crippen molar-refractivity contribution in [2.24, 2.45) is 11.3 Å². The van der Waals surface area contributed by atoms with Gasteiger partial charge in [-0.3, -0.25) is 0 Å². The number of halogens is 1. The van der Waals surface area contributed by atoms with Crippen LogP contribution in [0.2, 0.25) is 5.02 Å². The molecule has 0 unspecified atom stereocenters. The lowest BCUT2D eigenvalue weighted by Crippen LogP contribution is -2.61. The molecule has 1 aliphatic heterocycles. The van der Waals surface area contributed by atoms with Gasteiger partial charge in [0, 0.05) is 36.3 Å². The van der Waals surface area contributed by atoms with Gasteiger partial charge in [0.15, 0.2) is 11.7 Å². The number of ether oxygens (including phenoxy) is 2. The highest BCUT2D eigenvalue weighted by Gasteiger charge is 2.52. The zero-order chi connectivity index (χ0) is 28.6. The molecule has 3 heterocycles. The highest BCUT2D eigenvalue weighted by Crippen LogP contribution is 2.54. The van der Waals surface area contributed by atoms with E-state index in [4.69, 9.17) is 35.6 Å². The lowest BCUT2D eigenvalue weighted by molar-refractivity contribution is -0.0980. The van der Waals surface area contributed by atoms with E-state index in [1.807, 2.05) is 19.9 Å². The maximum Gasteiger partial charge on any atom is 0.181 e. The number of nitrogens with one attached hydrogen (secondary N) is 1. The maximum atomic E-state index is 10.1. The van der Waals surface area contributed by atoms with Crippen LogP contribution in [0.4, 0.5) is 0 Å². The van der Waals surface area contributed by atoms with Crippen molar-refractivity contribution in [3.05, 3.63) is 58.4 Å². The molecule has 9 nitrogen and oxygen atoms in total. The van der Waals surface area contributed by atoms with E-state index in [-0.39, 0.29) is 6.61 Å². The minimum atomic E-state index is -0.626. The second-order valence-electron chi connectivity index (χ2n) is 11.3. The van der Waals surface area contributed by atoms with Gasteiger partial charge in [-0.05, 0) is 83.3 Å². The van der Waals surface area contributed by atoms with E-state index >= 15 is 0 Å². The number of likely N-dealkylation sites (tertiary alicyclic amines) is 1. The van der Waals surface area contributed by atoms with E-state index in [1.54, 1.807) is 26.3 Å². The molecule has 0 radical (unpaired) electrons. The SMILES string of the molecule is C=C(OC)N1CC2(CC(Cc3nc(-c4cc(OC[C@H](O)CNC)ccc4Cl)nc(-c4c(C)noc4C)c3C)C2)C1. The number of aryl methyl sites for hydroxylation is 2. The third kappa shape index (κ3) is 5.55. The summed E-state index contributed by atoms with van der Waals surface area (Å²) in [5, 5.41) is 17.7. The first-order valence-corrected chi connectivity index (χ1v) is 14.0. The summed E-state index contributed by atoms with van der Waals surface area (Å²) in [6.45, 7) is 12.5. The number of benzene rings is 1. The Morgan fingerprint density at radius 3 is 2.67 bits per heavy atom. The minimum absolute atomic E-state index is 0.158. The van der Waals surface area contributed by atoms with Crippen molar-refractivity contribution in [3.8, 4) is 28.4 Å². The third-order valence-electron chi connectivity index (χ3n) is 8.14. The molecule has 0 bridgehead atoms. The standard InChI is InChI=1S/C30H38ClN5O4/c1-17-26(9-21-11-30(12-21)15-36(16-30)20(4)38-6)33-29(34-28(17)27-18(2)35-40-19(27)3)24-10-23(7-8-25(24)31)39-14-22(37)13-32-5/h7-8,10,21-22,32,37H,4,9,11-16H2,1-3,5-6H3/t22-/m1/s1. The number of hydrogen-bond acceptors (Lipinski definition) is 9. The summed E-state index contributed by atoms with van der Waals surface area (Å²) in [5.74, 6) is 3.12. The van der Waals surface area contributed by atoms with Crippen molar-refractivity contribution in [1.82, 2.24) is 25.3 Å². The van der Waals surface area contributed by atoms with Crippen molar-refractivity contribution in [2.45, 2.75) is 46.1 Å². The van der Waals surface area contributed by atoms with E-state index in [0.717, 1.165) is 66.4 Å². The molecule has 1 saturated carbocycles. The van der Waals surface area contributed by atoms with Crippen molar-refractivity contribution in [1.29, 1.82) is 0 Å². The molecule has 1 aliphatic carbocycles. The lowest BCUT2D eigenvalue weighted by Gasteiger charge is -2.59. The molecule has 2 N–H and O–H groups in total. The normalized spacial score (nSPS) is 16.9. The molecule has 40 heavy (non-hydrogen) atoms. The Kier molecular flexibility index (Phi) is 8.08. The number of methoxy groups -OCH3 is 1. The topological polar surface area (TPSA) is 106 Å². The summed E-state index contributed by atoms with van der Waals surface area (Å²) in [6, 6.07) is 5.40. The number of likely N-dealkylation sites (N-methyl/N-ethyl adjacent to an activating group) is 1. The Morgan fingerprint density at radius 2 is 2.02 bits per heavy atom. The Hall–Kier alpha value is -3.14. The molecule has 1 spiro atoms. The number of rotatable bonds is 11. The molecule has 1 saturated heterocycles. The number of aliphatic hydroxyl groups is 1. The van der Waals surface area contributed by atoms with Crippen LogP contribution in [0.25, 0.3) is 22.6 Å². The summed E-state index contributed by atoms with van der Waals surface area (Å²) >= 11 is 6.69. The first kappa shape index (κ1) is 28.4. The monoisotopic (exact) mass is 567 g/mol. The van der Waals surface area contributed by atoms with Gasteiger partial charge in [-0.2, -0.15) is 0 Å². The number of nitrogens with zero attached hydrogens (tertiary/aromatic N) is 4. The maximum absolute atomic E-state index is 10.1. The number of aliphatic hydroxyl groups excluding tert-OH is 1. The Morgan fingerprint density at radius 1 is 1.27 bits per heavy atom. The third-order valence-corrected chi connectivity index (χ3v) is 8.47. The second kappa shape index (κ2) is 11.4. The van der Waals surface area contributed by atoms with Crippen molar-refractivity contribution in [2.75, 3.05) is 40.4 Å². The van der Waals surface area contributed by atoms with E-state index in [1.165, 1.54) is 0 Å². The predicted octanol–water partition coefficient (Wildman–Crippen LogP) is 4.71. The second-order valence-corrected chi connectivity index (χ2v) is 11.7. The Balaban J connectivity index is 1.44. The highest BCUT2D eigenvalue weighted by molar-refractivity contribution is 6.33. The van der Waals surface area contributed by atoms with Crippen molar-refractivity contribution in [3.63, 3.8) is 0 Å². The predicted molar refractivity (Wildman–Crippen MR) is 154 cm³/mol. The first-order chi connectivity index (χ1) is 19.1. The summed E-state index contributed by atoms with van der Waals surface area (Å²) in [6.07, 6.45) is 2.53. The van der Waals surface area contributed by atoms with Gasteiger partial charge < -0.3 is 29.3 Å². The number of hydrogen-bond donors (Lipinski definition) is 2. The molecule has 10 heteroatoms. The zero-order valence-electron chi connectivity index (χ0n) is 23.9. The van der Waals surface area contributed by atoms with E-state index in [0.29, 0.717) is 45.8 Å². The first-order valence-electron chi connectivity index (χ1n) is 13.7. The van der Waals surface area contributed by atoms with Crippen LogP contribution in [-0.4, -0.2) is 71.6 Å². The van der Waals surface area contributed by atoms with Crippen LogP contribution in [0.5, 0.6) is 5.75 Å². The quantitative estimate of drug-likeness (QED) is 0.319. The largest absolute Gasteiger partial charge is 0.491 e. The average Bonchev–Trinajstić information content (AvgIpc) is 3.22. The van der Waals surface area contributed by atoms with Crippen molar-refractivity contribution >= 4 is 11.6 Å². The molecule has 5 rings (SSSR count). The van der Waals surface area contributed by atoms with Crippen LogP contribution in [-0.2, 0) is 11.2 Å². The average molecular weight is 568 g/mol. The summed E-state index contributed by atoms with van der Waals surface area (Å²) in [5.41, 5.74) is 5.54. The van der Waals surface area contributed by atoms with E-state index < -0.39 is 6.10 Å². The highest BCUT2D eigenvalue weighted by atomic mass is 35.5. The summed E-state index contributed by atoms with van der Waals surface area (Å²) in [7, 11) is 3.46. The molecular formula is C30H38ClN5O4. The minimum Gasteiger partial charge on any atom is -0.491 e. The molecule has 3 aromatic rings. The van der Waals surface area contributed by atoms with Crippen molar-refractivity contribution < 1.29 is 19.1 Å². The van der Waals surface area contributed by atoms with Gasteiger partial charge in [0.25, 0.3) is 0 Å². The molecule has 2 aliphatic rings. The van der Waals surface area contributed by atoms with Gasteiger partial charge in [0.05, 0.1) is 29.1 Å². The van der Waals surface area contributed by atoms with Crippen LogP contribution < -0.4 is 10.1 Å². The van der Waals surface area contributed by atoms with Gasteiger partial charge in [-0.25, -0.2) is 9.97 Å². The van der Waals surface area contributed by atoms with Gasteiger partial charge >= 0.3 is 0 Å². The lowest BCUT2D eigenvalue weighted by atomic mass is 9.56. The fourth-order valence-electron chi connectivity index (χ4n) is 6.11. The van der Waals surface area contributed by atoms with Crippen LogP contribution in [0.1, 0.15) is 35.6 Å². The van der Waals surface area contributed by atoms with E-state index in [9.17, 15) is 5.11 Å². The number of aromatic nitrogens is 3. The molecule has 214 valence electrons. The van der Waals surface area contributed by atoms with E-state index in [2.05, 4.69) is 28.9 Å². The molecule has 1 aromatic carbocycles. The Labute approximate surface area is 240 Å². The fourth-order valence-corrected chi connectivity index (χ4v) is 6.31. The Bertz CT molecular complexity index is 1370. The smallest absolute Gasteiger partial charge is 0.181 e. The van der Waals surface area contributed by atoms with Gasteiger partial charge in [-0.1, -0.05) is 16.8 Å². The van der Waals surface area contributed by atoms with Crippen LogP contribution >= 0.6 is 11.6 Å².